The summed E-state index contributed by atoms with van der Waals surface area (Å²) >= 11 is 4.64. The molecule has 0 spiro atoms. The maximum atomic E-state index is 4.64. The van der Waals surface area contributed by atoms with E-state index in [0.29, 0.717) is 0 Å². The van der Waals surface area contributed by atoms with Gasteiger partial charge in [-0.2, -0.15) is 0 Å². The number of halogens is 1. The van der Waals surface area contributed by atoms with Crippen LogP contribution in [0.5, 0.6) is 0 Å². The molecule has 0 saturated carbocycles. The molecule has 2 nitrogen and oxygen atoms in total. The quantitative estimate of drug-likeness (QED) is 0.588. The molecule has 1 aromatic rings. The summed E-state index contributed by atoms with van der Waals surface area (Å²) in [5.41, 5.74) is 5.43. The lowest BCUT2D eigenvalue weighted by molar-refractivity contribution is -0.425. The van der Waals surface area contributed by atoms with Gasteiger partial charge in [-0.15, -0.1) is 11.6 Å². The van der Waals surface area contributed by atoms with Gasteiger partial charge in [-0.3, -0.25) is 5.32 Å². The van der Waals surface area contributed by atoms with Crippen LogP contribution < -0.4 is 5.32 Å². The lowest BCUT2D eigenvalue weighted by Gasteiger charge is -2.09. The smallest absolute Gasteiger partial charge is 0.237 e. The summed E-state index contributed by atoms with van der Waals surface area (Å²) in [6.45, 7) is 8.64. The van der Waals surface area contributed by atoms with Gasteiger partial charge >= 0.3 is 0 Å². The van der Waals surface area contributed by atoms with Gasteiger partial charge in [-0.25, -0.2) is 4.58 Å². The van der Waals surface area contributed by atoms with Crippen molar-refractivity contribution in [1.29, 1.82) is 0 Å². The van der Waals surface area contributed by atoms with Gasteiger partial charge in [0.15, 0.2) is 0 Å². The van der Waals surface area contributed by atoms with E-state index in [1.54, 1.807) is 0 Å². The number of nitrogens with one attached hydrogen (secondary N) is 1. The first-order valence-corrected chi connectivity index (χ1v) is 6.23. The van der Waals surface area contributed by atoms with Crippen molar-refractivity contribution < 1.29 is 4.58 Å². The summed E-state index contributed by atoms with van der Waals surface area (Å²) in [6.07, 6.45) is 3.55. The Bertz CT molecular complexity index is 374. The van der Waals surface area contributed by atoms with Crippen molar-refractivity contribution in [2.75, 3.05) is 19.5 Å². The van der Waals surface area contributed by atoms with Gasteiger partial charge < -0.3 is 0 Å². The maximum absolute atomic E-state index is 4.64. The summed E-state index contributed by atoms with van der Waals surface area (Å²) < 4.78 is 2.30. The molecule has 1 N–H and O–H groups in total. The second-order valence-electron chi connectivity index (χ2n) is 4.02. The molecular weight excluding hydrogens is 220 g/mol. The van der Waals surface area contributed by atoms with Crippen LogP contribution in [-0.4, -0.2) is 30.4 Å². The zero-order valence-electron chi connectivity index (χ0n) is 10.5. The number of aryl methyl sites for hydroxylation is 3. The van der Waals surface area contributed by atoms with Crippen LogP contribution in [0, 0.1) is 20.8 Å². The summed E-state index contributed by atoms with van der Waals surface area (Å²) in [6, 6.07) is 4.49. The van der Waals surface area contributed by atoms with Crippen LogP contribution in [0.2, 0.25) is 0 Å². The van der Waals surface area contributed by atoms with E-state index in [9.17, 15) is 0 Å². The van der Waals surface area contributed by atoms with Gasteiger partial charge in [-0.05, 0) is 31.9 Å². The largest absolute Gasteiger partial charge is 0.277 e. The highest BCUT2D eigenvalue weighted by molar-refractivity contribution is 6.15. The minimum Gasteiger partial charge on any atom is -0.277 e. The Morgan fingerprint density at radius 3 is 2.12 bits per heavy atom. The topological polar surface area (TPSA) is 15.0 Å². The predicted octanol–water partition coefficient (Wildman–Crippen LogP) is 2.74. The molecule has 1 aromatic carbocycles. The molecule has 0 fully saturated rings. The first-order chi connectivity index (χ1) is 7.68. The van der Waals surface area contributed by atoms with Crippen LogP contribution >= 0.6 is 11.6 Å². The fraction of sp³-hybridized carbons (Fsp3) is 0.462. The molecule has 0 unspecified atom stereocenters. The SMILES string of the molecule is CCl.Cc1cc(C)c([N+]2=CNCC2)c(C)c1. The minimum atomic E-state index is 1.05. The lowest BCUT2D eigenvalue weighted by atomic mass is 10.0. The van der Waals surface area contributed by atoms with Crippen LogP contribution in [0.15, 0.2) is 12.1 Å². The van der Waals surface area contributed by atoms with Gasteiger partial charge in [-0.1, -0.05) is 17.7 Å². The Hall–Kier alpha value is -1.02. The van der Waals surface area contributed by atoms with Gasteiger partial charge in [0.25, 0.3) is 0 Å². The van der Waals surface area contributed by atoms with Crippen LogP contribution in [-0.2, 0) is 0 Å². The predicted molar refractivity (Wildman–Crippen MR) is 71.3 cm³/mol. The van der Waals surface area contributed by atoms with Gasteiger partial charge in [0.05, 0.1) is 0 Å². The number of alkyl halides is 1. The van der Waals surface area contributed by atoms with Crippen LogP contribution in [0.1, 0.15) is 16.7 Å². The average Bonchev–Trinajstić information content (AvgIpc) is 2.72. The Kier molecular flexibility index (Phi) is 4.81. The number of hydrogen-bond donors (Lipinski definition) is 1. The van der Waals surface area contributed by atoms with E-state index < -0.39 is 0 Å². The number of nitrogens with zero attached hydrogens (tertiary/aromatic N) is 1. The first-order valence-electron chi connectivity index (χ1n) is 5.47. The molecule has 0 saturated heterocycles. The summed E-state index contributed by atoms with van der Waals surface area (Å²) in [5, 5.41) is 3.24. The van der Waals surface area contributed by atoms with Crippen molar-refractivity contribution in [3.63, 3.8) is 0 Å². The fourth-order valence-electron chi connectivity index (χ4n) is 2.23. The van der Waals surface area contributed by atoms with E-state index >= 15 is 0 Å². The highest BCUT2D eigenvalue weighted by atomic mass is 35.5. The van der Waals surface area contributed by atoms with Crippen molar-refractivity contribution in [3.8, 4) is 0 Å². The molecule has 0 aliphatic carbocycles. The van der Waals surface area contributed by atoms with Gasteiger partial charge in [0.1, 0.15) is 18.8 Å². The van der Waals surface area contributed by atoms with E-state index in [4.69, 9.17) is 0 Å². The van der Waals surface area contributed by atoms with E-state index in [-0.39, 0.29) is 0 Å². The second-order valence-corrected chi connectivity index (χ2v) is 4.02. The van der Waals surface area contributed by atoms with E-state index in [1.807, 2.05) is 0 Å². The van der Waals surface area contributed by atoms with Crippen LogP contribution in [0.25, 0.3) is 0 Å². The van der Waals surface area contributed by atoms with Crippen molar-refractivity contribution in [2.24, 2.45) is 0 Å². The molecule has 2 rings (SSSR count). The van der Waals surface area contributed by atoms with Gasteiger partial charge in [0.2, 0.25) is 6.34 Å². The first kappa shape index (κ1) is 13.0. The summed E-state index contributed by atoms with van der Waals surface area (Å²) in [4.78, 5) is 0. The highest BCUT2D eigenvalue weighted by Gasteiger charge is 2.16. The van der Waals surface area contributed by atoms with E-state index in [0.717, 1.165) is 13.1 Å². The molecule has 16 heavy (non-hydrogen) atoms. The lowest BCUT2D eigenvalue weighted by Crippen LogP contribution is -2.06. The minimum absolute atomic E-state index is 1.05. The number of hydrogen-bond acceptors (Lipinski definition) is 1. The zero-order valence-corrected chi connectivity index (χ0v) is 11.2. The van der Waals surface area contributed by atoms with Crippen molar-refractivity contribution in [2.45, 2.75) is 20.8 Å². The summed E-state index contributed by atoms with van der Waals surface area (Å²) in [7, 11) is 0. The molecule has 0 radical (unpaired) electrons. The molecule has 0 bridgehead atoms. The number of benzene rings is 1. The van der Waals surface area contributed by atoms with Crippen molar-refractivity contribution in [3.05, 3.63) is 28.8 Å². The average molecular weight is 240 g/mol. The third-order valence-electron chi connectivity index (χ3n) is 2.67. The van der Waals surface area contributed by atoms with Crippen LogP contribution in [0.4, 0.5) is 5.69 Å². The maximum Gasteiger partial charge on any atom is 0.237 e. The van der Waals surface area contributed by atoms with Gasteiger partial charge in [0, 0.05) is 6.38 Å². The molecule has 3 heteroatoms. The molecule has 1 aliphatic rings. The monoisotopic (exact) mass is 239 g/mol. The Labute approximate surface area is 103 Å². The van der Waals surface area contributed by atoms with Crippen molar-refractivity contribution in [1.82, 2.24) is 5.32 Å². The molecule has 0 amide bonds. The Morgan fingerprint density at radius 2 is 1.69 bits per heavy atom. The molecular formula is C13H20ClN2+. The standard InChI is InChI=1S/C12H16N2.CH3Cl/c1-9-6-10(2)12(11(3)7-9)14-5-4-13-8-14;1-2/h6-8H,4-5H2,1-3H3;1H3/p+1. The summed E-state index contributed by atoms with van der Waals surface area (Å²) in [5.74, 6) is 0. The molecule has 0 aromatic heterocycles. The third kappa shape index (κ3) is 2.76. The number of rotatable bonds is 1. The second kappa shape index (κ2) is 5.90. The van der Waals surface area contributed by atoms with E-state index in [1.165, 1.54) is 28.8 Å². The molecule has 1 heterocycles. The van der Waals surface area contributed by atoms with E-state index in [2.05, 4.69) is 60.7 Å². The molecule has 88 valence electrons. The Morgan fingerprint density at radius 1 is 1.12 bits per heavy atom. The highest BCUT2D eigenvalue weighted by Crippen LogP contribution is 2.24. The Balaban J connectivity index is 0.000000606. The molecule has 0 atom stereocenters. The van der Waals surface area contributed by atoms with Crippen LogP contribution in [0.3, 0.4) is 0 Å². The fourth-order valence-corrected chi connectivity index (χ4v) is 2.23. The third-order valence-corrected chi connectivity index (χ3v) is 2.67. The normalized spacial score (nSPS) is 13.7. The molecule has 1 aliphatic heterocycles. The zero-order chi connectivity index (χ0) is 12.1. The van der Waals surface area contributed by atoms with Crippen molar-refractivity contribution >= 4 is 23.6 Å².